The summed E-state index contributed by atoms with van der Waals surface area (Å²) < 4.78 is 100. The van der Waals surface area contributed by atoms with Gasteiger partial charge < -0.3 is 67.5 Å². The van der Waals surface area contributed by atoms with Gasteiger partial charge in [0.05, 0.1) is 49.7 Å². The molecule has 2 heterocycles. The van der Waals surface area contributed by atoms with Crippen LogP contribution in [0.2, 0.25) is 0 Å². The lowest BCUT2D eigenvalue weighted by molar-refractivity contribution is -0.437. The Morgan fingerprint density at radius 3 is 1.60 bits per heavy atom. The maximum absolute atomic E-state index is 14.9. The van der Waals surface area contributed by atoms with Crippen LogP contribution in [0.4, 0.5) is 16.2 Å². The molecule has 1 aliphatic carbocycles. The van der Waals surface area contributed by atoms with Crippen molar-refractivity contribution < 1.29 is 110 Å². The fraction of sp³-hybridized carbons (Fsp3) is 0.389. The number of fused-ring (bicyclic) bond motifs is 2. The van der Waals surface area contributed by atoms with Crippen molar-refractivity contribution >= 4 is 107 Å². The number of nitrogens with zero attached hydrogens (tertiary/aromatic N) is 2. The van der Waals surface area contributed by atoms with Crippen molar-refractivity contribution in [3.8, 4) is 5.75 Å². The fourth-order valence-corrected chi connectivity index (χ4v) is 17.3. The Morgan fingerprint density at radius 1 is 0.508 bits per heavy atom. The second-order valence-electron chi connectivity index (χ2n) is 31.2. The van der Waals surface area contributed by atoms with Crippen molar-refractivity contribution in [2.75, 3.05) is 70.5 Å². The molecule has 126 heavy (non-hydrogen) atoms. The number of carboxylic acids is 3. The van der Waals surface area contributed by atoms with Gasteiger partial charge in [-0.2, -0.15) is 29.8 Å². The van der Waals surface area contributed by atoms with Gasteiger partial charge in [0.15, 0.2) is 5.71 Å². The lowest BCUT2D eigenvalue weighted by atomic mass is 9.77. The molecule has 6 aromatic carbocycles. The number of allylic oxidation sites excluding steroid dienone is 7. The van der Waals surface area contributed by atoms with E-state index in [1.165, 1.54) is 24.3 Å². The van der Waals surface area contributed by atoms with Crippen molar-refractivity contribution in [1.82, 2.24) is 42.5 Å². The lowest BCUT2D eigenvalue weighted by Crippen LogP contribution is -2.56. The molecular formula is C90H109N10O23S3+. The second kappa shape index (κ2) is 45.6. The fourth-order valence-electron chi connectivity index (χ4n) is 15.3. The van der Waals surface area contributed by atoms with E-state index in [9.17, 15) is 83.4 Å². The highest BCUT2D eigenvalue weighted by molar-refractivity contribution is 7.87. The van der Waals surface area contributed by atoms with Crippen LogP contribution in [0.5, 0.6) is 5.75 Å². The highest BCUT2D eigenvalue weighted by Crippen LogP contribution is 2.51. The molecule has 6 atom stereocenters. The number of nitrogens with one attached hydrogen (secondary N) is 8. The number of rotatable bonds is 48. The van der Waals surface area contributed by atoms with E-state index < -0.39 is 163 Å². The molecule has 33 nitrogen and oxygen atoms in total. The minimum Gasteiger partial charge on any atom is -0.481 e. The summed E-state index contributed by atoms with van der Waals surface area (Å²) in [6.07, 6.45) is 8.42. The molecule has 0 saturated heterocycles. The third kappa shape index (κ3) is 27.9. The number of hydrogen-bond acceptors (Lipinski definition) is 21. The molecule has 0 aromatic heterocycles. The number of anilines is 1. The standard InChI is InChI=1S/C90H108N10O23S3/c1-89(2)67-32-16-18-34-74(67)99(52-22-54-124(114,115)120-4)76(89)45-37-63-30-20-31-64(82(63)123-65-39-41-66(42-40-65)126(118,119)122-6)38-46-77-90(3,68-33-17-19-35-75(68)100(77)53-23-55-125(116,117)121-5)49-21-36-78(101)95-73(58-62-28-14-9-15-29-62)85(108)96-72(57-61-26-12-8-13-27-61)84(107)93-59-80(103)91-50-51-92-83(106)71(56-60-24-10-7-11-25-60)94-79(102)47-43-69(86(109)110)97-88(113)98-70(87(111)112)44-48-81(104)105/h7-19,24-29,32-35,37-42,45-46,69-73H,20-23,30-31,36,43-44,47-59H2,1-6H3,(H10-,91,92,93,94,95,96,97,98,101,102,103,104,105,106,107,108,109,110,111,112,113)/p+1/t69-,70-,71-,72-,73-,90?/m0/s1. The van der Waals surface area contributed by atoms with Gasteiger partial charge in [0.2, 0.25) is 41.1 Å². The maximum Gasteiger partial charge on any atom is 0.326 e. The van der Waals surface area contributed by atoms with Crippen molar-refractivity contribution in [2.45, 2.75) is 163 Å². The topological polar surface area (TPSA) is 473 Å². The van der Waals surface area contributed by atoms with Gasteiger partial charge in [-0.15, -0.1) is 0 Å². The number of ether oxygens (including phenoxy) is 1. The maximum atomic E-state index is 14.9. The van der Waals surface area contributed by atoms with Gasteiger partial charge >= 0.3 is 23.9 Å². The summed E-state index contributed by atoms with van der Waals surface area (Å²) in [4.78, 5) is 134. The monoisotopic (exact) mass is 1790 g/mol. The summed E-state index contributed by atoms with van der Waals surface area (Å²) in [6, 6.07) is 39.4. The Labute approximate surface area is 733 Å². The Morgan fingerprint density at radius 2 is 1.02 bits per heavy atom. The number of amides is 8. The number of benzene rings is 6. The molecule has 11 N–H and O–H groups in total. The highest BCUT2D eigenvalue weighted by Gasteiger charge is 2.46. The van der Waals surface area contributed by atoms with Crippen LogP contribution in [0.15, 0.2) is 216 Å². The van der Waals surface area contributed by atoms with E-state index in [4.69, 9.17) is 22.4 Å². The number of carbonyl (C=O) groups excluding carboxylic acids is 7. The molecule has 6 aromatic rings. The van der Waals surface area contributed by atoms with Crippen LogP contribution in [0.25, 0.3) is 0 Å². The Kier molecular flexibility index (Phi) is 35.3. The lowest BCUT2D eigenvalue weighted by Gasteiger charge is -2.31. The number of hydrogen-bond donors (Lipinski definition) is 11. The van der Waals surface area contributed by atoms with E-state index in [2.05, 4.69) is 73.5 Å². The average Bonchev–Trinajstić information content (AvgIpc) is 1.59. The third-order valence-electron chi connectivity index (χ3n) is 22.0. The molecule has 0 spiro atoms. The normalized spacial score (nSPS) is 16.8. The third-order valence-corrected chi connectivity index (χ3v) is 25.8. The molecular weight excluding hydrogens is 1690 g/mol. The van der Waals surface area contributed by atoms with Crippen molar-refractivity contribution in [2.24, 2.45) is 0 Å². The van der Waals surface area contributed by atoms with Crippen LogP contribution in [0, 0.1) is 0 Å². The van der Waals surface area contributed by atoms with Crippen molar-refractivity contribution in [1.29, 1.82) is 0 Å². The molecule has 0 saturated carbocycles. The Hall–Kier alpha value is -12.2. The molecule has 0 bridgehead atoms. The van der Waals surface area contributed by atoms with Gasteiger partial charge in [-0.25, -0.2) is 14.4 Å². The smallest absolute Gasteiger partial charge is 0.326 e. The van der Waals surface area contributed by atoms with E-state index in [1.54, 1.807) is 91.0 Å². The molecule has 0 radical (unpaired) electrons. The first-order chi connectivity index (χ1) is 60.0. The predicted octanol–water partition coefficient (Wildman–Crippen LogP) is 7.34. The molecule has 2 aliphatic heterocycles. The van der Waals surface area contributed by atoms with Crippen LogP contribution in [0.1, 0.15) is 126 Å². The summed E-state index contributed by atoms with van der Waals surface area (Å²) >= 11 is 0. The van der Waals surface area contributed by atoms with Gasteiger partial charge in [-0.3, -0.25) is 46.1 Å². The minimum atomic E-state index is -4.07. The highest BCUT2D eigenvalue weighted by atomic mass is 32.2. The van der Waals surface area contributed by atoms with E-state index in [0.29, 0.717) is 60.4 Å². The number of carboxylic acid groups (broad SMARTS) is 3. The van der Waals surface area contributed by atoms with Crippen molar-refractivity contribution in [3.63, 3.8) is 0 Å². The zero-order valence-corrected chi connectivity index (χ0v) is 73.4. The van der Waals surface area contributed by atoms with Crippen LogP contribution in [-0.4, -0.2) is 206 Å². The van der Waals surface area contributed by atoms with E-state index in [1.807, 2.05) is 72.1 Å². The Balaban J connectivity index is 0.910. The summed E-state index contributed by atoms with van der Waals surface area (Å²) in [6.45, 7) is 5.90. The summed E-state index contributed by atoms with van der Waals surface area (Å²) in [7, 11) is -8.42. The number of carbonyl (C=O) groups is 10. The van der Waals surface area contributed by atoms with E-state index >= 15 is 0 Å². The van der Waals surface area contributed by atoms with Gasteiger partial charge in [0.25, 0.3) is 30.4 Å². The molecule has 8 amide bonds. The molecule has 36 heteroatoms. The number of para-hydroxylation sites is 2. The van der Waals surface area contributed by atoms with Gasteiger partial charge in [0.1, 0.15) is 48.3 Å². The summed E-state index contributed by atoms with van der Waals surface area (Å²) in [5, 5.41) is 48.5. The van der Waals surface area contributed by atoms with Crippen molar-refractivity contribution in [3.05, 3.63) is 239 Å². The number of urea groups is 1. The van der Waals surface area contributed by atoms with Crippen LogP contribution in [0.3, 0.4) is 0 Å². The zero-order valence-electron chi connectivity index (χ0n) is 71.0. The second-order valence-corrected chi connectivity index (χ2v) is 36.6. The average molecular weight is 1800 g/mol. The first-order valence-corrected chi connectivity index (χ1v) is 45.8. The molecule has 1 unspecified atom stereocenters. The molecule has 674 valence electrons. The van der Waals surface area contributed by atoms with Gasteiger partial charge in [0, 0.05) is 99.1 Å². The van der Waals surface area contributed by atoms with Crippen LogP contribution >= 0.6 is 0 Å². The molecule has 0 fully saturated rings. The van der Waals surface area contributed by atoms with Crippen LogP contribution < -0.4 is 52.2 Å². The number of aliphatic carboxylic acids is 3. The van der Waals surface area contributed by atoms with Gasteiger partial charge in [-0.1, -0.05) is 133 Å². The van der Waals surface area contributed by atoms with E-state index in [-0.39, 0.29) is 81.0 Å². The zero-order chi connectivity index (χ0) is 91.4. The predicted molar refractivity (Wildman–Crippen MR) is 468 cm³/mol. The summed E-state index contributed by atoms with van der Waals surface area (Å²) in [5.74, 6) is -8.31. The van der Waals surface area contributed by atoms with Crippen LogP contribution in [-0.2, 0) is 116 Å². The largest absolute Gasteiger partial charge is 0.481 e. The SMILES string of the molecule is COS(=O)(=O)CCCN1/C(=C/C=C2\CCCC(/C=C/C3=[N+](CCCS(=O)(=O)OC)c4ccccc4C3(C)C)=C2Oc2ccc(S(=O)(=O)OC)cc2)C(C)(CCCC(=O)N[C@@H](Cc2ccccc2)C(=O)N[C@@H](Cc2ccccc2)C(=O)NCC(=O)NCCNC(=O)[C@H](Cc2ccccc2)NC(=O)CC[C@H](NC(=O)N[C@@H](CCC(=O)O)C(=O)O)C(=O)O)c2ccccc21. The summed E-state index contributed by atoms with van der Waals surface area (Å²) in [5.41, 5.74) is 7.43. The van der Waals surface area contributed by atoms with E-state index in [0.717, 1.165) is 66.4 Å². The Bertz CT molecular complexity index is 5440. The molecule has 9 rings (SSSR count). The minimum absolute atomic E-state index is 0.00457. The van der Waals surface area contributed by atoms with Gasteiger partial charge in [-0.05, 0) is 148 Å². The molecule has 3 aliphatic rings. The first kappa shape index (κ1) is 97.6. The quantitative estimate of drug-likeness (QED) is 0.0101. The first-order valence-electron chi connectivity index (χ1n) is 41.2.